The number of hydrogen-bond acceptors (Lipinski definition) is 3. The Hall–Kier alpha value is -3.60. The number of carbonyl (C=O) groups excluding carboxylic acids is 1. The highest BCUT2D eigenvalue weighted by Crippen LogP contribution is 2.21. The highest BCUT2D eigenvalue weighted by Gasteiger charge is 2.14. The molecule has 0 spiro atoms. The van der Waals surface area contributed by atoms with Crippen LogP contribution in [-0.2, 0) is 17.9 Å². The van der Waals surface area contributed by atoms with Crippen LogP contribution in [0.25, 0.3) is 11.0 Å². The van der Waals surface area contributed by atoms with Gasteiger partial charge in [-0.3, -0.25) is 4.79 Å². The standard InChI is InChI=1S/C24H23N3O2/c1-17-11-13-19(14-12-17)25-24(28)15-27-21-9-5-4-8-20(21)26-23(27)16-29-22-10-6-3-7-18(22)2/h3-14H,15-16H2,1-2H3,(H,25,28). The van der Waals surface area contributed by atoms with Gasteiger partial charge in [0.05, 0.1) is 11.0 Å². The van der Waals surface area contributed by atoms with E-state index < -0.39 is 0 Å². The Balaban J connectivity index is 1.57. The summed E-state index contributed by atoms with van der Waals surface area (Å²) in [4.78, 5) is 17.4. The van der Waals surface area contributed by atoms with Crippen molar-refractivity contribution in [2.24, 2.45) is 0 Å². The summed E-state index contributed by atoms with van der Waals surface area (Å²) in [5, 5.41) is 2.95. The maximum absolute atomic E-state index is 12.7. The fourth-order valence-electron chi connectivity index (χ4n) is 3.25. The number of benzene rings is 3. The molecule has 146 valence electrons. The number of aromatic nitrogens is 2. The van der Waals surface area contributed by atoms with Crippen LogP contribution in [-0.4, -0.2) is 15.5 Å². The number of amides is 1. The van der Waals surface area contributed by atoms with Gasteiger partial charge in [-0.2, -0.15) is 0 Å². The van der Waals surface area contributed by atoms with E-state index in [4.69, 9.17) is 4.74 Å². The molecule has 29 heavy (non-hydrogen) atoms. The summed E-state index contributed by atoms with van der Waals surface area (Å²) < 4.78 is 7.90. The highest BCUT2D eigenvalue weighted by molar-refractivity contribution is 5.91. The normalized spacial score (nSPS) is 10.8. The van der Waals surface area contributed by atoms with Gasteiger partial charge in [0.15, 0.2) is 0 Å². The number of nitrogens with zero attached hydrogens (tertiary/aromatic N) is 2. The number of fused-ring (bicyclic) bond motifs is 1. The van der Waals surface area contributed by atoms with Gasteiger partial charge in [0.25, 0.3) is 0 Å². The second-order valence-corrected chi connectivity index (χ2v) is 7.07. The first kappa shape index (κ1) is 18.7. The molecule has 0 saturated heterocycles. The molecule has 1 amide bonds. The van der Waals surface area contributed by atoms with E-state index in [2.05, 4.69) is 10.3 Å². The first-order valence-electron chi connectivity index (χ1n) is 9.59. The summed E-state index contributed by atoms with van der Waals surface area (Å²) in [5.74, 6) is 1.43. The molecule has 0 bridgehead atoms. The zero-order valence-electron chi connectivity index (χ0n) is 16.6. The molecule has 0 radical (unpaired) electrons. The van der Waals surface area contributed by atoms with E-state index in [0.717, 1.165) is 33.6 Å². The predicted octanol–water partition coefficient (Wildman–Crippen LogP) is 4.87. The second kappa shape index (κ2) is 8.19. The Kier molecular flexibility index (Phi) is 5.29. The van der Waals surface area contributed by atoms with Crippen LogP contribution in [0, 0.1) is 13.8 Å². The zero-order valence-corrected chi connectivity index (χ0v) is 16.6. The molecule has 5 nitrogen and oxygen atoms in total. The molecule has 0 aliphatic carbocycles. The average Bonchev–Trinajstić information content (AvgIpc) is 3.06. The molecular formula is C24H23N3O2. The number of imidazole rings is 1. The number of ether oxygens (including phenoxy) is 1. The zero-order chi connectivity index (χ0) is 20.2. The van der Waals surface area contributed by atoms with Gasteiger partial charge >= 0.3 is 0 Å². The Morgan fingerprint density at radius 2 is 1.69 bits per heavy atom. The third-order valence-electron chi connectivity index (χ3n) is 4.82. The summed E-state index contributed by atoms with van der Waals surface area (Å²) in [6.45, 7) is 4.48. The Morgan fingerprint density at radius 1 is 0.966 bits per heavy atom. The molecule has 0 saturated carbocycles. The van der Waals surface area contributed by atoms with Crippen molar-refractivity contribution in [1.82, 2.24) is 9.55 Å². The summed E-state index contributed by atoms with van der Waals surface area (Å²) in [6.07, 6.45) is 0. The first-order valence-corrected chi connectivity index (χ1v) is 9.59. The second-order valence-electron chi connectivity index (χ2n) is 7.07. The van der Waals surface area contributed by atoms with Crippen LogP contribution >= 0.6 is 0 Å². The number of aryl methyl sites for hydroxylation is 2. The molecule has 0 aliphatic rings. The van der Waals surface area contributed by atoms with Crippen molar-refractivity contribution in [3.63, 3.8) is 0 Å². The van der Waals surface area contributed by atoms with Crippen LogP contribution in [0.3, 0.4) is 0 Å². The van der Waals surface area contributed by atoms with E-state index in [1.165, 1.54) is 0 Å². The van der Waals surface area contributed by atoms with Crippen LogP contribution in [0.4, 0.5) is 5.69 Å². The third kappa shape index (κ3) is 4.29. The van der Waals surface area contributed by atoms with Crippen LogP contribution in [0.5, 0.6) is 5.75 Å². The summed E-state index contributed by atoms with van der Waals surface area (Å²) in [7, 11) is 0. The number of hydrogen-bond donors (Lipinski definition) is 1. The molecule has 0 fully saturated rings. The molecule has 4 rings (SSSR count). The SMILES string of the molecule is Cc1ccc(NC(=O)Cn2c(COc3ccccc3C)nc3ccccc32)cc1. The number of nitrogens with one attached hydrogen (secondary N) is 1. The fraction of sp³-hybridized carbons (Fsp3) is 0.167. The van der Waals surface area contributed by atoms with Crippen molar-refractivity contribution in [2.75, 3.05) is 5.32 Å². The third-order valence-corrected chi connectivity index (χ3v) is 4.82. The van der Waals surface area contributed by atoms with Crippen LogP contribution in [0.15, 0.2) is 72.8 Å². The van der Waals surface area contributed by atoms with Crippen LogP contribution in [0.1, 0.15) is 17.0 Å². The van der Waals surface area contributed by atoms with Crippen LogP contribution < -0.4 is 10.1 Å². The molecule has 0 unspecified atom stereocenters. The predicted molar refractivity (Wildman–Crippen MR) is 115 cm³/mol. The smallest absolute Gasteiger partial charge is 0.244 e. The minimum atomic E-state index is -0.103. The van der Waals surface area contributed by atoms with Crippen molar-refractivity contribution in [1.29, 1.82) is 0 Å². The molecule has 0 atom stereocenters. The van der Waals surface area contributed by atoms with Gasteiger partial charge in [0.1, 0.15) is 24.7 Å². The number of anilines is 1. The first-order chi connectivity index (χ1) is 14.1. The lowest BCUT2D eigenvalue weighted by Crippen LogP contribution is -2.20. The van der Waals surface area contributed by atoms with Gasteiger partial charge in [-0.15, -0.1) is 0 Å². The maximum Gasteiger partial charge on any atom is 0.244 e. The summed E-state index contributed by atoms with van der Waals surface area (Å²) >= 11 is 0. The number of para-hydroxylation sites is 3. The summed E-state index contributed by atoms with van der Waals surface area (Å²) in [6, 6.07) is 23.4. The topological polar surface area (TPSA) is 56.2 Å². The van der Waals surface area contributed by atoms with Crippen molar-refractivity contribution < 1.29 is 9.53 Å². The molecule has 5 heteroatoms. The van der Waals surface area contributed by atoms with E-state index in [9.17, 15) is 4.79 Å². The van der Waals surface area contributed by atoms with Gasteiger partial charge < -0.3 is 14.6 Å². The molecule has 1 aromatic heterocycles. The van der Waals surface area contributed by atoms with E-state index in [0.29, 0.717) is 5.82 Å². The number of carbonyl (C=O) groups is 1. The molecular weight excluding hydrogens is 362 g/mol. The molecule has 1 N–H and O–H groups in total. The largest absolute Gasteiger partial charge is 0.485 e. The van der Waals surface area contributed by atoms with Crippen molar-refractivity contribution in [3.8, 4) is 5.75 Å². The van der Waals surface area contributed by atoms with E-state index in [1.54, 1.807) is 0 Å². The summed E-state index contributed by atoms with van der Waals surface area (Å²) in [5.41, 5.74) is 4.75. The molecule has 3 aromatic carbocycles. The number of rotatable bonds is 6. The molecule has 0 aliphatic heterocycles. The van der Waals surface area contributed by atoms with Gasteiger partial charge in [0.2, 0.25) is 5.91 Å². The Morgan fingerprint density at radius 3 is 2.48 bits per heavy atom. The maximum atomic E-state index is 12.7. The van der Waals surface area contributed by atoms with E-state index >= 15 is 0 Å². The van der Waals surface area contributed by atoms with Crippen LogP contribution in [0.2, 0.25) is 0 Å². The molecule has 4 aromatic rings. The lowest BCUT2D eigenvalue weighted by molar-refractivity contribution is -0.116. The quantitative estimate of drug-likeness (QED) is 0.515. The van der Waals surface area contributed by atoms with Crippen molar-refractivity contribution in [3.05, 3.63) is 89.7 Å². The van der Waals surface area contributed by atoms with E-state index in [-0.39, 0.29) is 19.1 Å². The van der Waals surface area contributed by atoms with Gasteiger partial charge in [0, 0.05) is 5.69 Å². The van der Waals surface area contributed by atoms with Crippen molar-refractivity contribution >= 4 is 22.6 Å². The molecule has 1 heterocycles. The van der Waals surface area contributed by atoms with Gasteiger partial charge in [-0.05, 0) is 49.7 Å². The lowest BCUT2D eigenvalue weighted by Gasteiger charge is -2.12. The Bertz CT molecular complexity index is 1150. The van der Waals surface area contributed by atoms with E-state index in [1.807, 2.05) is 91.2 Å². The minimum Gasteiger partial charge on any atom is -0.485 e. The van der Waals surface area contributed by atoms with Gasteiger partial charge in [-0.25, -0.2) is 4.98 Å². The highest BCUT2D eigenvalue weighted by atomic mass is 16.5. The minimum absolute atomic E-state index is 0.103. The lowest BCUT2D eigenvalue weighted by atomic mass is 10.2. The fourth-order valence-corrected chi connectivity index (χ4v) is 3.25. The van der Waals surface area contributed by atoms with Crippen molar-refractivity contribution in [2.45, 2.75) is 27.0 Å². The van der Waals surface area contributed by atoms with Gasteiger partial charge in [-0.1, -0.05) is 48.0 Å². The average molecular weight is 385 g/mol. The Labute approximate surface area is 170 Å². The monoisotopic (exact) mass is 385 g/mol.